The standard InChI is InChI=1S/C35H55F2N7/c1-8-28-11-12-29(24(2)21-32-33(36)25(3)20-26(4)34(32)37)22-31(28)30-10-9-14-42(39)16-17-43(40)18-19-44(15-13-38)41-35(6,7)23-27(30)5/h11-12,20,22,30,41H,2,5,8-10,13-19,21,23,38-40H2,1,3-4,6-7H3. The van der Waals surface area contributed by atoms with Gasteiger partial charge in [-0.05, 0) is 86.8 Å². The molecule has 0 spiro atoms. The molecule has 1 atom stereocenters. The smallest absolute Gasteiger partial charge is 0.132 e. The summed E-state index contributed by atoms with van der Waals surface area (Å²) in [6.07, 6.45) is 3.44. The molecular weight excluding hydrogens is 556 g/mol. The van der Waals surface area contributed by atoms with Gasteiger partial charge in [-0.2, -0.15) is 0 Å². The summed E-state index contributed by atoms with van der Waals surface area (Å²) in [6.45, 7) is 23.5. The Morgan fingerprint density at radius 2 is 1.61 bits per heavy atom. The topological polar surface area (TPSA) is 99.8 Å². The molecule has 0 aromatic heterocycles. The van der Waals surface area contributed by atoms with E-state index in [-0.39, 0.29) is 23.4 Å². The fourth-order valence-corrected chi connectivity index (χ4v) is 6.30. The minimum absolute atomic E-state index is 0.0703. The molecule has 7 nitrogen and oxygen atoms in total. The van der Waals surface area contributed by atoms with E-state index in [0.717, 1.165) is 49.9 Å². The molecule has 1 unspecified atom stereocenters. The number of nitrogens with two attached hydrogens (primary N) is 3. The monoisotopic (exact) mass is 611 g/mol. The van der Waals surface area contributed by atoms with Crippen LogP contribution in [-0.4, -0.2) is 66.4 Å². The summed E-state index contributed by atoms with van der Waals surface area (Å²) in [5.74, 6) is 11.7. The molecule has 9 heteroatoms. The first kappa shape index (κ1) is 36.0. The second kappa shape index (κ2) is 16.2. The Kier molecular flexibility index (Phi) is 13.2. The molecule has 0 saturated carbocycles. The van der Waals surface area contributed by atoms with Crippen LogP contribution in [0.5, 0.6) is 0 Å². The van der Waals surface area contributed by atoms with Crippen LogP contribution in [0, 0.1) is 25.5 Å². The fourth-order valence-electron chi connectivity index (χ4n) is 6.30. The van der Waals surface area contributed by atoms with E-state index in [1.807, 2.05) is 11.1 Å². The second-order valence-electron chi connectivity index (χ2n) is 13.0. The highest BCUT2D eigenvalue weighted by atomic mass is 19.1. The number of benzene rings is 2. The number of aryl methyl sites for hydroxylation is 3. The van der Waals surface area contributed by atoms with Crippen LogP contribution < -0.4 is 22.8 Å². The minimum Gasteiger partial charge on any atom is -0.329 e. The third-order valence-corrected chi connectivity index (χ3v) is 8.65. The number of allylic oxidation sites excluding steroid dienone is 1. The molecular formula is C35H55F2N7. The maximum Gasteiger partial charge on any atom is 0.132 e. The number of rotatable bonds is 7. The highest BCUT2D eigenvalue weighted by Crippen LogP contribution is 2.37. The van der Waals surface area contributed by atoms with Crippen LogP contribution in [0.25, 0.3) is 5.57 Å². The van der Waals surface area contributed by atoms with Crippen molar-refractivity contribution < 1.29 is 8.78 Å². The molecule has 0 amide bonds. The molecule has 0 bridgehead atoms. The fraction of sp³-hybridized carbons (Fsp3) is 0.543. The van der Waals surface area contributed by atoms with E-state index in [4.69, 9.17) is 17.4 Å². The van der Waals surface area contributed by atoms with Crippen molar-refractivity contribution in [3.05, 3.63) is 88.0 Å². The Labute approximate surface area is 264 Å². The lowest BCUT2D eigenvalue weighted by atomic mass is 9.79. The predicted molar refractivity (Wildman–Crippen MR) is 179 cm³/mol. The number of halogens is 2. The van der Waals surface area contributed by atoms with Crippen LogP contribution in [0.15, 0.2) is 43.0 Å². The number of hydrogen-bond acceptors (Lipinski definition) is 7. The van der Waals surface area contributed by atoms with Crippen LogP contribution in [0.4, 0.5) is 8.78 Å². The summed E-state index contributed by atoms with van der Waals surface area (Å²) in [5, 5.41) is 5.79. The Morgan fingerprint density at radius 1 is 1.00 bits per heavy atom. The maximum absolute atomic E-state index is 15.0. The molecule has 7 N–H and O–H groups in total. The van der Waals surface area contributed by atoms with E-state index in [1.54, 1.807) is 24.9 Å². The Hall–Kier alpha value is -2.50. The maximum atomic E-state index is 15.0. The summed E-state index contributed by atoms with van der Waals surface area (Å²) in [7, 11) is 0. The van der Waals surface area contributed by atoms with Gasteiger partial charge in [0, 0.05) is 69.3 Å². The quantitative estimate of drug-likeness (QED) is 0.255. The molecule has 0 radical (unpaired) electrons. The summed E-state index contributed by atoms with van der Waals surface area (Å²) in [6, 6.07) is 7.86. The molecule has 1 fully saturated rings. The van der Waals surface area contributed by atoms with Crippen LogP contribution >= 0.6 is 0 Å². The number of hydrazine groups is 3. The summed E-state index contributed by atoms with van der Waals surface area (Å²) >= 11 is 0. The average molecular weight is 612 g/mol. The molecule has 2 aromatic rings. The lowest BCUT2D eigenvalue weighted by Crippen LogP contribution is -2.55. The number of hydrogen-bond donors (Lipinski definition) is 4. The summed E-state index contributed by atoms with van der Waals surface area (Å²) in [5.41, 5.74) is 15.4. The van der Waals surface area contributed by atoms with Gasteiger partial charge in [-0.3, -0.25) is 11.7 Å². The Morgan fingerprint density at radius 3 is 2.23 bits per heavy atom. The predicted octanol–water partition coefficient (Wildman–Crippen LogP) is 5.12. The first-order valence-electron chi connectivity index (χ1n) is 15.9. The lowest BCUT2D eigenvalue weighted by Gasteiger charge is -2.37. The largest absolute Gasteiger partial charge is 0.329 e. The van der Waals surface area contributed by atoms with E-state index in [2.05, 4.69) is 56.5 Å². The van der Waals surface area contributed by atoms with Gasteiger partial charge in [0.2, 0.25) is 0 Å². The Balaban J connectivity index is 1.97. The van der Waals surface area contributed by atoms with E-state index in [1.165, 1.54) is 11.1 Å². The summed E-state index contributed by atoms with van der Waals surface area (Å²) < 4.78 is 30.0. The van der Waals surface area contributed by atoms with Gasteiger partial charge in [0.05, 0.1) is 0 Å². The van der Waals surface area contributed by atoms with Gasteiger partial charge in [-0.15, -0.1) is 0 Å². The van der Waals surface area contributed by atoms with E-state index < -0.39 is 11.6 Å². The van der Waals surface area contributed by atoms with Crippen molar-refractivity contribution in [3.8, 4) is 0 Å². The van der Waals surface area contributed by atoms with E-state index in [9.17, 15) is 0 Å². The van der Waals surface area contributed by atoms with Gasteiger partial charge in [0.1, 0.15) is 11.6 Å². The van der Waals surface area contributed by atoms with Gasteiger partial charge >= 0.3 is 0 Å². The van der Waals surface area contributed by atoms with Gasteiger partial charge in [0.15, 0.2) is 0 Å². The van der Waals surface area contributed by atoms with Gasteiger partial charge in [0.25, 0.3) is 0 Å². The minimum atomic E-state index is -0.502. The van der Waals surface area contributed by atoms with E-state index >= 15 is 8.78 Å². The van der Waals surface area contributed by atoms with Crippen molar-refractivity contribution in [2.75, 3.05) is 45.8 Å². The van der Waals surface area contributed by atoms with Crippen LogP contribution in [-0.2, 0) is 12.8 Å². The van der Waals surface area contributed by atoms with Crippen LogP contribution in [0.2, 0.25) is 0 Å². The molecule has 1 heterocycles. The average Bonchev–Trinajstić information content (AvgIpc) is 2.97. The zero-order chi connectivity index (χ0) is 32.6. The first-order valence-corrected chi connectivity index (χ1v) is 15.9. The zero-order valence-electron chi connectivity index (χ0n) is 27.6. The molecule has 3 rings (SSSR count). The Bertz CT molecular complexity index is 1270. The zero-order valence-corrected chi connectivity index (χ0v) is 27.6. The van der Waals surface area contributed by atoms with Crippen molar-refractivity contribution in [1.82, 2.24) is 20.5 Å². The molecule has 44 heavy (non-hydrogen) atoms. The highest BCUT2D eigenvalue weighted by molar-refractivity contribution is 5.67. The normalized spacial score (nSPS) is 20.3. The van der Waals surface area contributed by atoms with E-state index in [0.29, 0.717) is 49.4 Å². The molecule has 1 aliphatic heterocycles. The third-order valence-electron chi connectivity index (χ3n) is 8.65. The highest BCUT2D eigenvalue weighted by Gasteiger charge is 2.28. The van der Waals surface area contributed by atoms with Gasteiger partial charge < -0.3 is 5.73 Å². The van der Waals surface area contributed by atoms with Crippen molar-refractivity contribution in [3.63, 3.8) is 0 Å². The van der Waals surface area contributed by atoms with Crippen molar-refractivity contribution in [2.45, 2.75) is 78.2 Å². The van der Waals surface area contributed by atoms with Gasteiger partial charge in [-0.25, -0.2) is 29.2 Å². The van der Waals surface area contributed by atoms with Crippen LogP contribution in [0.3, 0.4) is 0 Å². The number of nitrogens with zero attached hydrogens (tertiary/aromatic N) is 3. The third kappa shape index (κ3) is 9.75. The molecule has 244 valence electrons. The molecule has 0 aliphatic carbocycles. The SMILES string of the molecule is C=C(Cc1c(F)c(C)cc(C)c1F)c1ccc(CC)c(C2CCCN(N)CCN(N)CCN(CCN)NC(C)(C)CC2=C)c1. The molecule has 1 aliphatic rings. The van der Waals surface area contributed by atoms with Crippen molar-refractivity contribution in [2.24, 2.45) is 17.4 Å². The van der Waals surface area contributed by atoms with Crippen molar-refractivity contribution >= 4 is 5.57 Å². The first-order chi connectivity index (χ1) is 20.8. The lowest BCUT2D eigenvalue weighted by molar-refractivity contribution is 0.100. The van der Waals surface area contributed by atoms with Gasteiger partial charge in [-0.1, -0.05) is 49.9 Å². The summed E-state index contributed by atoms with van der Waals surface area (Å²) in [4.78, 5) is 0. The molecule has 2 aromatic carbocycles. The molecule has 1 saturated heterocycles. The van der Waals surface area contributed by atoms with Crippen molar-refractivity contribution in [1.29, 1.82) is 0 Å². The number of nitrogens with one attached hydrogen (secondary N) is 1. The van der Waals surface area contributed by atoms with Crippen LogP contribution in [0.1, 0.15) is 79.3 Å². The second-order valence-corrected chi connectivity index (χ2v) is 13.0.